The fraction of sp³-hybridized carbons (Fsp3) is 0.600. The predicted molar refractivity (Wildman–Crippen MR) is 134 cm³/mol. The second-order valence-corrected chi connectivity index (χ2v) is 12.9. The maximum absolute atomic E-state index is 13.3. The summed E-state index contributed by atoms with van der Waals surface area (Å²) in [6.45, 7) is 5.90. The van der Waals surface area contributed by atoms with Crippen molar-refractivity contribution in [1.29, 1.82) is 0 Å². The fourth-order valence-corrected chi connectivity index (χ4v) is 6.86. The van der Waals surface area contributed by atoms with Crippen molar-refractivity contribution in [3.05, 3.63) is 40.5 Å². The number of nitrogens with one attached hydrogen (secondary N) is 1. The van der Waals surface area contributed by atoms with Crippen LogP contribution < -0.4 is 10.2 Å². The van der Waals surface area contributed by atoms with Crippen molar-refractivity contribution in [2.75, 3.05) is 29.9 Å². The summed E-state index contributed by atoms with van der Waals surface area (Å²) in [5, 5.41) is 14.3. The molecule has 1 aromatic heterocycles. The molecule has 1 aromatic carbocycles. The Balaban J connectivity index is 1.43. The van der Waals surface area contributed by atoms with Gasteiger partial charge in [-0.3, -0.25) is 4.21 Å². The molecule has 0 bridgehead atoms. The van der Waals surface area contributed by atoms with E-state index in [9.17, 15) is 9.32 Å². The topological polar surface area (TPSA) is 78.3 Å². The van der Waals surface area contributed by atoms with Crippen LogP contribution >= 0.6 is 11.6 Å². The number of halogens is 1. The van der Waals surface area contributed by atoms with E-state index in [2.05, 4.69) is 22.3 Å². The zero-order valence-corrected chi connectivity index (χ0v) is 21.0. The van der Waals surface area contributed by atoms with Crippen LogP contribution in [0.3, 0.4) is 0 Å². The first-order valence-corrected chi connectivity index (χ1v) is 13.6. The lowest BCUT2D eigenvalue weighted by Gasteiger charge is -2.41. The van der Waals surface area contributed by atoms with Crippen LogP contribution in [0.1, 0.15) is 69.5 Å². The Labute approximate surface area is 203 Å². The minimum Gasteiger partial charge on any atom is -0.394 e. The largest absolute Gasteiger partial charge is 0.394 e. The third-order valence-corrected chi connectivity index (χ3v) is 9.75. The highest BCUT2D eigenvalue weighted by Crippen LogP contribution is 2.43. The summed E-state index contributed by atoms with van der Waals surface area (Å²) in [4.78, 5) is 12.9. The van der Waals surface area contributed by atoms with E-state index in [-0.39, 0.29) is 16.9 Å². The van der Waals surface area contributed by atoms with Gasteiger partial charge in [-0.05, 0) is 76.0 Å². The lowest BCUT2D eigenvalue weighted by atomic mass is 9.77. The Morgan fingerprint density at radius 1 is 1.15 bits per heavy atom. The van der Waals surface area contributed by atoms with Gasteiger partial charge >= 0.3 is 0 Å². The Morgan fingerprint density at radius 3 is 2.58 bits per heavy atom. The minimum absolute atomic E-state index is 0.0592. The molecule has 6 nitrogen and oxygen atoms in total. The lowest BCUT2D eigenvalue weighted by Crippen LogP contribution is -2.48. The predicted octanol–water partition coefficient (Wildman–Crippen LogP) is 4.67. The van der Waals surface area contributed by atoms with E-state index in [1.165, 1.54) is 5.56 Å². The molecular weight excluding hydrogens is 456 g/mol. The molecule has 3 aliphatic rings. The summed E-state index contributed by atoms with van der Waals surface area (Å²) in [6, 6.07) is 8.22. The second-order valence-electron chi connectivity index (χ2n) is 10.4. The van der Waals surface area contributed by atoms with Crippen molar-refractivity contribution in [2.45, 2.75) is 79.9 Å². The Kier molecular flexibility index (Phi) is 6.17. The van der Waals surface area contributed by atoms with Crippen LogP contribution in [-0.4, -0.2) is 49.3 Å². The smallest absolute Gasteiger partial charge is 0.227 e. The van der Waals surface area contributed by atoms with Crippen LogP contribution in [0, 0.1) is 0 Å². The van der Waals surface area contributed by atoms with E-state index in [0.717, 1.165) is 73.2 Å². The zero-order chi connectivity index (χ0) is 23.2. The number of anilines is 2. The van der Waals surface area contributed by atoms with Crippen molar-refractivity contribution >= 4 is 34.2 Å². The van der Waals surface area contributed by atoms with Gasteiger partial charge in [0.05, 0.1) is 33.4 Å². The molecule has 2 unspecified atom stereocenters. The maximum Gasteiger partial charge on any atom is 0.227 e. The zero-order valence-electron chi connectivity index (χ0n) is 19.4. The minimum atomic E-state index is -1.18. The number of rotatable bonds is 5. The second kappa shape index (κ2) is 8.82. The molecule has 1 saturated heterocycles. The average molecular weight is 489 g/mol. The first kappa shape index (κ1) is 23.1. The van der Waals surface area contributed by atoms with Crippen molar-refractivity contribution in [3.63, 3.8) is 0 Å². The van der Waals surface area contributed by atoms with Gasteiger partial charge in [0, 0.05) is 24.5 Å². The molecule has 33 heavy (non-hydrogen) atoms. The molecule has 0 radical (unpaired) electrons. The lowest BCUT2D eigenvalue weighted by molar-refractivity contribution is 0.143. The number of hydrogen-bond acceptors (Lipinski definition) is 6. The number of nitrogens with zero attached hydrogens (tertiary/aromatic N) is 3. The van der Waals surface area contributed by atoms with Crippen molar-refractivity contribution < 1.29 is 9.32 Å². The molecule has 3 heterocycles. The molecule has 1 aliphatic carbocycles. The monoisotopic (exact) mass is 488 g/mol. The van der Waals surface area contributed by atoms with E-state index in [0.29, 0.717) is 18.2 Å². The third-order valence-electron chi connectivity index (χ3n) is 7.55. The average Bonchev–Trinajstić information content (AvgIpc) is 2.91. The Hall–Kier alpha value is -1.70. The summed E-state index contributed by atoms with van der Waals surface area (Å²) in [7, 11) is -1.18. The van der Waals surface area contributed by atoms with E-state index < -0.39 is 10.8 Å². The van der Waals surface area contributed by atoms with Gasteiger partial charge in [-0.2, -0.15) is 4.98 Å². The van der Waals surface area contributed by atoms with Gasteiger partial charge in [-0.15, -0.1) is 0 Å². The van der Waals surface area contributed by atoms with Gasteiger partial charge in [-0.25, -0.2) is 4.98 Å². The van der Waals surface area contributed by atoms with E-state index in [1.807, 2.05) is 26.0 Å². The molecule has 5 rings (SSSR count). The van der Waals surface area contributed by atoms with Crippen molar-refractivity contribution in [3.8, 4) is 0 Å². The summed E-state index contributed by atoms with van der Waals surface area (Å²) < 4.78 is 12.9. The summed E-state index contributed by atoms with van der Waals surface area (Å²) in [6.07, 6.45) is 6.78. The maximum atomic E-state index is 13.3. The molecule has 2 fully saturated rings. The van der Waals surface area contributed by atoms with Crippen LogP contribution in [0.5, 0.6) is 0 Å². The number of benzene rings is 1. The van der Waals surface area contributed by atoms with Crippen LogP contribution in [0.25, 0.3) is 0 Å². The quantitative estimate of drug-likeness (QED) is 0.636. The highest BCUT2D eigenvalue weighted by atomic mass is 35.5. The first-order valence-electron chi connectivity index (χ1n) is 12.0. The molecule has 178 valence electrons. The SMILES string of the molecule is CC1(C)Cc2nc(N3CCCC(c4ccc(Cl)cc4)CC3)nc(NC3(CO)CCC3)c2S1=O. The highest BCUT2D eigenvalue weighted by molar-refractivity contribution is 7.87. The van der Waals surface area contributed by atoms with Crippen LogP contribution in [0.15, 0.2) is 29.2 Å². The van der Waals surface area contributed by atoms with Crippen LogP contribution in [0.4, 0.5) is 11.8 Å². The van der Waals surface area contributed by atoms with E-state index in [1.54, 1.807) is 0 Å². The summed E-state index contributed by atoms with van der Waals surface area (Å²) >= 11 is 6.08. The fourth-order valence-electron chi connectivity index (χ4n) is 5.31. The van der Waals surface area contributed by atoms with Crippen LogP contribution in [0.2, 0.25) is 5.02 Å². The van der Waals surface area contributed by atoms with Gasteiger partial charge in [0.1, 0.15) is 10.7 Å². The number of aromatic nitrogens is 2. The first-order chi connectivity index (χ1) is 15.8. The van der Waals surface area contributed by atoms with Gasteiger partial charge in [-0.1, -0.05) is 23.7 Å². The molecule has 1 saturated carbocycles. The molecule has 2 aliphatic heterocycles. The standard InChI is InChI=1S/C25H33ClN4O2S/c1-24(2)15-20-21(33(24)32)22(29-25(16-31)11-4-12-25)28-23(27-20)30-13-3-5-17(10-14-30)18-6-8-19(26)9-7-18/h6-9,17,31H,3-5,10-16H2,1-2H3,(H,27,28,29). The molecule has 2 N–H and O–H groups in total. The van der Waals surface area contributed by atoms with Gasteiger partial charge in [0.25, 0.3) is 0 Å². The number of hydrogen-bond donors (Lipinski definition) is 2. The molecule has 0 spiro atoms. The van der Waals surface area contributed by atoms with Crippen LogP contribution in [-0.2, 0) is 17.2 Å². The van der Waals surface area contributed by atoms with E-state index in [4.69, 9.17) is 21.6 Å². The van der Waals surface area contributed by atoms with Crippen molar-refractivity contribution in [2.24, 2.45) is 0 Å². The molecular formula is C25H33ClN4O2S. The highest BCUT2D eigenvalue weighted by Gasteiger charge is 2.43. The van der Waals surface area contributed by atoms with Gasteiger partial charge < -0.3 is 15.3 Å². The Morgan fingerprint density at radius 2 is 1.91 bits per heavy atom. The van der Waals surface area contributed by atoms with Crippen molar-refractivity contribution in [1.82, 2.24) is 9.97 Å². The molecule has 0 amide bonds. The number of aliphatic hydroxyl groups is 1. The normalized spacial score (nSPS) is 25.8. The summed E-state index contributed by atoms with van der Waals surface area (Å²) in [5.74, 6) is 1.87. The van der Waals surface area contributed by atoms with E-state index >= 15 is 0 Å². The van der Waals surface area contributed by atoms with Gasteiger partial charge in [0.2, 0.25) is 5.95 Å². The molecule has 2 atom stereocenters. The number of aliphatic hydroxyl groups excluding tert-OH is 1. The molecule has 2 aromatic rings. The number of fused-ring (bicyclic) bond motifs is 1. The summed E-state index contributed by atoms with van der Waals surface area (Å²) in [5.41, 5.74) is 1.87. The van der Waals surface area contributed by atoms with Gasteiger partial charge in [0.15, 0.2) is 0 Å². The molecule has 8 heteroatoms. The third kappa shape index (κ3) is 4.40. The Bertz CT molecular complexity index is 1050.